The number of nitrogens with one attached hydrogen (secondary N) is 1. The molecule has 0 aliphatic heterocycles. The molecular weight excluding hydrogens is 374 g/mol. The van der Waals surface area contributed by atoms with E-state index in [0.29, 0.717) is 28.7 Å². The quantitative estimate of drug-likeness (QED) is 0.557. The van der Waals surface area contributed by atoms with Crippen molar-refractivity contribution in [3.8, 4) is 17.0 Å². The van der Waals surface area contributed by atoms with E-state index in [1.807, 2.05) is 48.7 Å². The number of nitrogens with zero attached hydrogens (tertiary/aromatic N) is 2. The zero-order chi connectivity index (χ0) is 19.5. The molecule has 4 aromatic rings. The van der Waals surface area contributed by atoms with Gasteiger partial charge in [0.25, 0.3) is 11.5 Å². The fraction of sp³-hybridized carbons (Fsp3) is 0.0952. The molecule has 0 fully saturated rings. The van der Waals surface area contributed by atoms with Gasteiger partial charge in [-0.05, 0) is 24.6 Å². The maximum atomic E-state index is 13.1. The van der Waals surface area contributed by atoms with Crippen LogP contribution in [0.15, 0.2) is 71.0 Å². The number of ether oxygens (including phenoxy) is 1. The van der Waals surface area contributed by atoms with Gasteiger partial charge in [-0.3, -0.25) is 14.0 Å². The van der Waals surface area contributed by atoms with Gasteiger partial charge in [-0.2, -0.15) is 0 Å². The number of hydrogen-bond acceptors (Lipinski definition) is 5. The Morgan fingerprint density at radius 1 is 1.14 bits per heavy atom. The molecule has 6 nitrogen and oxygen atoms in total. The van der Waals surface area contributed by atoms with E-state index in [2.05, 4.69) is 10.3 Å². The molecule has 28 heavy (non-hydrogen) atoms. The molecule has 7 heteroatoms. The summed E-state index contributed by atoms with van der Waals surface area (Å²) < 4.78 is 7.00. The van der Waals surface area contributed by atoms with Gasteiger partial charge in [0, 0.05) is 11.6 Å². The Hall–Kier alpha value is -3.45. The Bertz CT molecular complexity index is 1200. The third kappa shape index (κ3) is 3.27. The monoisotopic (exact) mass is 391 g/mol. The second-order valence-electron chi connectivity index (χ2n) is 5.97. The van der Waals surface area contributed by atoms with Crippen LogP contribution in [0.25, 0.3) is 16.2 Å². The lowest BCUT2D eigenvalue weighted by atomic mass is 10.2. The summed E-state index contributed by atoms with van der Waals surface area (Å²) >= 11 is 1.36. The van der Waals surface area contributed by atoms with Crippen molar-refractivity contribution in [3.63, 3.8) is 0 Å². The number of carbonyl (C=O) groups is 1. The molecule has 0 saturated heterocycles. The molecule has 2 heterocycles. The second-order valence-corrected chi connectivity index (χ2v) is 6.80. The van der Waals surface area contributed by atoms with Crippen molar-refractivity contribution >= 4 is 27.9 Å². The number of aromatic nitrogens is 2. The van der Waals surface area contributed by atoms with Gasteiger partial charge < -0.3 is 10.1 Å². The summed E-state index contributed by atoms with van der Waals surface area (Å²) in [6, 6.07) is 16.6. The van der Waals surface area contributed by atoms with E-state index in [0.717, 1.165) is 5.56 Å². The molecule has 0 bridgehead atoms. The Balaban J connectivity index is 1.75. The zero-order valence-corrected chi connectivity index (χ0v) is 15.9. The average Bonchev–Trinajstić information content (AvgIpc) is 3.15. The van der Waals surface area contributed by atoms with Crippen molar-refractivity contribution in [2.24, 2.45) is 0 Å². The van der Waals surface area contributed by atoms with Gasteiger partial charge in [-0.25, -0.2) is 4.98 Å². The van der Waals surface area contributed by atoms with Crippen LogP contribution in [-0.4, -0.2) is 21.9 Å². The van der Waals surface area contributed by atoms with Gasteiger partial charge in [0.2, 0.25) is 0 Å². The largest absolute Gasteiger partial charge is 0.492 e. The molecule has 0 aliphatic carbocycles. The van der Waals surface area contributed by atoms with Crippen LogP contribution in [-0.2, 0) is 0 Å². The van der Waals surface area contributed by atoms with Gasteiger partial charge in [0.05, 0.1) is 18.0 Å². The highest BCUT2D eigenvalue weighted by molar-refractivity contribution is 7.15. The maximum Gasteiger partial charge on any atom is 0.271 e. The van der Waals surface area contributed by atoms with Gasteiger partial charge >= 0.3 is 0 Å². The van der Waals surface area contributed by atoms with Gasteiger partial charge in [-0.15, -0.1) is 11.3 Å². The predicted molar refractivity (Wildman–Crippen MR) is 110 cm³/mol. The lowest BCUT2D eigenvalue weighted by molar-refractivity contribution is 0.102. The number of carbonyl (C=O) groups excluding carboxylic acids is 1. The van der Waals surface area contributed by atoms with Crippen molar-refractivity contribution in [2.75, 3.05) is 11.9 Å². The van der Waals surface area contributed by atoms with Crippen LogP contribution in [0.5, 0.6) is 5.75 Å². The Kier molecular flexibility index (Phi) is 4.90. The molecule has 0 radical (unpaired) electrons. The smallest absolute Gasteiger partial charge is 0.271 e. The normalized spacial score (nSPS) is 10.8. The van der Waals surface area contributed by atoms with Gasteiger partial charge in [-0.1, -0.05) is 42.5 Å². The van der Waals surface area contributed by atoms with Gasteiger partial charge in [0.1, 0.15) is 11.3 Å². The highest BCUT2D eigenvalue weighted by Crippen LogP contribution is 2.25. The number of rotatable bonds is 5. The average molecular weight is 391 g/mol. The van der Waals surface area contributed by atoms with E-state index in [1.165, 1.54) is 21.9 Å². The fourth-order valence-corrected chi connectivity index (χ4v) is 3.76. The lowest BCUT2D eigenvalue weighted by Gasteiger charge is -2.11. The molecule has 1 amide bonds. The third-order valence-corrected chi connectivity index (χ3v) is 5.03. The van der Waals surface area contributed by atoms with Crippen LogP contribution in [0.3, 0.4) is 0 Å². The topological polar surface area (TPSA) is 72.7 Å². The van der Waals surface area contributed by atoms with Crippen LogP contribution < -0.4 is 15.6 Å². The molecule has 0 unspecified atom stereocenters. The summed E-state index contributed by atoms with van der Waals surface area (Å²) in [7, 11) is 0. The molecule has 0 spiro atoms. The molecule has 4 rings (SSSR count). The van der Waals surface area contributed by atoms with Crippen LogP contribution in [0.4, 0.5) is 5.69 Å². The molecule has 0 atom stereocenters. The number of amides is 1. The minimum absolute atomic E-state index is 0.0283. The van der Waals surface area contributed by atoms with Gasteiger partial charge in [0.15, 0.2) is 4.96 Å². The summed E-state index contributed by atoms with van der Waals surface area (Å²) in [4.78, 5) is 30.7. The number of anilines is 1. The minimum atomic E-state index is -0.524. The molecule has 2 aromatic heterocycles. The highest BCUT2D eigenvalue weighted by atomic mass is 32.1. The van der Waals surface area contributed by atoms with E-state index in [-0.39, 0.29) is 5.56 Å². The summed E-state index contributed by atoms with van der Waals surface area (Å²) in [5.74, 6) is 0.0252. The Labute approximate surface area is 165 Å². The molecule has 2 aromatic carbocycles. The minimum Gasteiger partial charge on any atom is -0.492 e. The molecule has 0 saturated carbocycles. The number of hydrogen-bond donors (Lipinski definition) is 1. The third-order valence-electron chi connectivity index (χ3n) is 4.20. The Morgan fingerprint density at radius 3 is 2.68 bits per heavy atom. The molecular formula is C21H17N3O3S. The van der Waals surface area contributed by atoms with E-state index in [1.54, 1.807) is 18.2 Å². The highest BCUT2D eigenvalue weighted by Gasteiger charge is 2.18. The van der Waals surface area contributed by atoms with E-state index < -0.39 is 11.5 Å². The van der Waals surface area contributed by atoms with Crippen LogP contribution >= 0.6 is 11.3 Å². The van der Waals surface area contributed by atoms with E-state index in [9.17, 15) is 9.59 Å². The van der Waals surface area contributed by atoms with Crippen LogP contribution in [0, 0.1) is 0 Å². The first kappa shape index (κ1) is 17.9. The number of thiazole rings is 1. The first-order valence-electron chi connectivity index (χ1n) is 8.77. The summed E-state index contributed by atoms with van der Waals surface area (Å²) in [5, 5.41) is 4.62. The van der Waals surface area contributed by atoms with Crippen molar-refractivity contribution in [1.29, 1.82) is 0 Å². The lowest BCUT2D eigenvalue weighted by Crippen LogP contribution is -2.26. The van der Waals surface area contributed by atoms with Crippen LogP contribution in [0.1, 0.15) is 17.3 Å². The first-order chi connectivity index (χ1) is 13.7. The van der Waals surface area contributed by atoms with E-state index >= 15 is 0 Å². The van der Waals surface area contributed by atoms with Crippen molar-refractivity contribution in [3.05, 3.63) is 82.1 Å². The summed E-state index contributed by atoms with van der Waals surface area (Å²) in [6.07, 6.45) is 1.32. The maximum absolute atomic E-state index is 13.1. The van der Waals surface area contributed by atoms with Crippen molar-refractivity contribution in [1.82, 2.24) is 9.38 Å². The van der Waals surface area contributed by atoms with Crippen molar-refractivity contribution < 1.29 is 9.53 Å². The first-order valence-corrected chi connectivity index (χ1v) is 9.65. The molecule has 140 valence electrons. The zero-order valence-electron chi connectivity index (χ0n) is 15.1. The van der Waals surface area contributed by atoms with Crippen LogP contribution in [0.2, 0.25) is 0 Å². The fourth-order valence-electron chi connectivity index (χ4n) is 2.90. The molecule has 1 N–H and O–H groups in total. The summed E-state index contributed by atoms with van der Waals surface area (Å²) in [5.41, 5.74) is 1.67. The number of benzene rings is 2. The number of para-hydroxylation sites is 2. The second kappa shape index (κ2) is 7.66. The predicted octanol–water partition coefficient (Wildman–Crippen LogP) is 4.07. The summed E-state index contributed by atoms with van der Waals surface area (Å²) in [6.45, 7) is 2.34. The standard InChI is InChI=1S/C21H17N3O3S/c1-2-27-18-11-7-6-10-16(18)23-19(25)15-12-22-21-24(20(15)26)17(13-28-21)14-8-4-3-5-9-14/h3-13H,2H2,1H3,(H,23,25). The van der Waals surface area contributed by atoms with Crippen molar-refractivity contribution in [2.45, 2.75) is 6.92 Å². The Morgan fingerprint density at radius 2 is 1.89 bits per heavy atom. The SMILES string of the molecule is CCOc1ccccc1NC(=O)c1cnc2scc(-c3ccccc3)n2c1=O. The number of fused-ring (bicyclic) bond motifs is 1. The van der Waals surface area contributed by atoms with E-state index in [4.69, 9.17) is 4.74 Å². The molecule has 0 aliphatic rings.